The van der Waals surface area contributed by atoms with Crippen LogP contribution in [0.4, 0.5) is 0 Å². The molecule has 6 heteroatoms. The smallest absolute Gasteiger partial charge is 0.306 e. The molecule has 19 heavy (non-hydrogen) atoms. The maximum absolute atomic E-state index is 11.2. The van der Waals surface area contributed by atoms with Crippen molar-refractivity contribution in [3.8, 4) is 0 Å². The Morgan fingerprint density at radius 3 is 2.84 bits per heavy atom. The van der Waals surface area contributed by atoms with E-state index in [0.717, 1.165) is 25.3 Å². The molecule has 1 heterocycles. The summed E-state index contributed by atoms with van der Waals surface area (Å²) in [4.78, 5) is 17.5. The van der Waals surface area contributed by atoms with Gasteiger partial charge in [-0.1, -0.05) is 0 Å². The lowest BCUT2D eigenvalue weighted by Gasteiger charge is -2.21. The first-order valence-electron chi connectivity index (χ1n) is 6.48. The Labute approximate surface area is 114 Å². The van der Waals surface area contributed by atoms with Gasteiger partial charge in [-0.15, -0.1) is 0 Å². The molecule has 0 unspecified atom stereocenters. The number of carbonyl (C=O) groups is 1. The molecule has 0 N–H and O–H groups in total. The van der Waals surface area contributed by atoms with Gasteiger partial charge in [0.2, 0.25) is 0 Å². The predicted octanol–water partition coefficient (Wildman–Crippen LogP) is 0.914. The van der Waals surface area contributed by atoms with E-state index in [-0.39, 0.29) is 5.97 Å². The molecule has 0 amide bonds. The van der Waals surface area contributed by atoms with E-state index in [4.69, 9.17) is 4.74 Å². The van der Waals surface area contributed by atoms with Crippen molar-refractivity contribution in [1.82, 2.24) is 14.5 Å². The number of hydrogen-bond acceptors (Lipinski definition) is 5. The van der Waals surface area contributed by atoms with Crippen molar-refractivity contribution in [2.24, 2.45) is 0 Å². The third kappa shape index (κ3) is 5.40. The fourth-order valence-corrected chi connectivity index (χ4v) is 1.84. The summed E-state index contributed by atoms with van der Waals surface area (Å²) < 4.78 is 11.9. The zero-order chi connectivity index (χ0) is 14.1. The highest BCUT2D eigenvalue weighted by Crippen LogP contribution is 2.06. The van der Waals surface area contributed by atoms with E-state index in [1.54, 1.807) is 7.11 Å². The number of esters is 1. The van der Waals surface area contributed by atoms with Crippen molar-refractivity contribution in [2.75, 3.05) is 33.9 Å². The second-order valence-corrected chi connectivity index (χ2v) is 4.27. The quantitative estimate of drug-likeness (QED) is 0.624. The number of aromatic nitrogens is 2. The van der Waals surface area contributed by atoms with Gasteiger partial charge in [0.1, 0.15) is 0 Å². The molecule has 0 spiro atoms. The standard InChI is InChI=1S/C13H23N3O3/c1-4-16-11-14-9-12(16)10-15(7-8-18-2)6-5-13(17)19-3/h9,11H,4-8,10H2,1-3H3. The van der Waals surface area contributed by atoms with Gasteiger partial charge >= 0.3 is 5.97 Å². The Balaban J connectivity index is 2.55. The first-order valence-corrected chi connectivity index (χ1v) is 6.48. The molecule has 1 aromatic rings. The molecule has 0 fully saturated rings. The second kappa shape index (κ2) is 8.66. The van der Waals surface area contributed by atoms with E-state index in [0.29, 0.717) is 19.6 Å². The lowest BCUT2D eigenvalue weighted by molar-refractivity contribution is -0.141. The van der Waals surface area contributed by atoms with Crippen molar-refractivity contribution in [3.05, 3.63) is 18.2 Å². The molecular formula is C13H23N3O3. The van der Waals surface area contributed by atoms with Crippen LogP contribution in [-0.2, 0) is 27.4 Å². The molecule has 0 radical (unpaired) electrons. The molecule has 0 aliphatic heterocycles. The van der Waals surface area contributed by atoms with Gasteiger partial charge in [0.15, 0.2) is 0 Å². The number of ether oxygens (including phenoxy) is 2. The van der Waals surface area contributed by atoms with Crippen LogP contribution in [0.1, 0.15) is 19.0 Å². The molecule has 0 aliphatic rings. The summed E-state index contributed by atoms with van der Waals surface area (Å²) in [5.41, 5.74) is 1.14. The van der Waals surface area contributed by atoms with Crippen LogP contribution in [0.2, 0.25) is 0 Å². The topological polar surface area (TPSA) is 56.6 Å². The van der Waals surface area contributed by atoms with Gasteiger partial charge in [-0.05, 0) is 6.92 Å². The highest BCUT2D eigenvalue weighted by Gasteiger charge is 2.11. The highest BCUT2D eigenvalue weighted by molar-refractivity contribution is 5.69. The van der Waals surface area contributed by atoms with E-state index in [1.807, 2.05) is 12.5 Å². The summed E-state index contributed by atoms with van der Waals surface area (Å²) in [5.74, 6) is -0.189. The van der Waals surface area contributed by atoms with Crippen molar-refractivity contribution in [3.63, 3.8) is 0 Å². The molecule has 0 saturated carbocycles. The monoisotopic (exact) mass is 269 g/mol. The fraction of sp³-hybridized carbons (Fsp3) is 0.692. The largest absolute Gasteiger partial charge is 0.469 e. The summed E-state index contributed by atoms with van der Waals surface area (Å²) >= 11 is 0. The summed E-state index contributed by atoms with van der Waals surface area (Å²) in [5, 5.41) is 0. The molecule has 0 aliphatic carbocycles. The van der Waals surface area contributed by atoms with Crippen LogP contribution in [0.5, 0.6) is 0 Å². The van der Waals surface area contributed by atoms with Crippen LogP contribution in [0.25, 0.3) is 0 Å². The zero-order valence-electron chi connectivity index (χ0n) is 12.0. The molecule has 1 rings (SSSR count). The van der Waals surface area contributed by atoms with E-state index in [9.17, 15) is 4.79 Å². The Kier molecular flexibility index (Phi) is 7.14. The third-order valence-corrected chi connectivity index (χ3v) is 3.00. The van der Waals surface area contributed by atoms with Crippen LogP contribution in [0.15, 0.2) is 12.5 Å². The number of carbonyl (C=O) groups excluding carboxylic acids is 1. The lowest BCUT2D eigenvalue weighted by atomic mass is 10.3. The van der Waals surface area contributed by atoms with Crippen molar-refractivity contribution >= 4 is 5.97 Å². The minimum absolute atomic E-state index is 0.189. The number of imidazole rings is 1. The van der Waals surface area contributed by atoms with E-state index < -0.39 is 0 Å². The SMILES string of the molecule is CCn1cncc1CN(CCOC)CCC(=O)OC. The van der Waals surface area contributed by atoms with Gasteiger partial charge in [-0.3, -0.25) is 9.69 Å². The Morgan fingerprint density at radius 1 is 1.42 bits per heavy atom. The van der Waals surface area contributed by atoms with Gasteiger partial charge in [0, 0.05) is 39.5 Å². The lowest BCUT2D eigenvalue weighted by Crippen LogP contribution is -2.30. The molecule has 1 aromatic heterocycles. The number of nitrogens with zero attached hydrogens (tertiary/aromatic N) is 3. The van der Waals surface area contributed by atoms with E-state index in [2.05, 4.69) is 26.1 Å². The van der Waals surface area contributed by atoms with Gasteiger partial charge in [0.25, 0.3) is 0 Å². The van der Waals surface area contributed by atoms with Gasteiger partial charge in [-0.2, -0.15) is 0 Å². The average molecular weight is 269 g/mol. The minimum atomic E-state index is -0.189. The number of hydrogen-bond donors (Lipinski definition) is 0. The molecule has 0 atom stereocenters. The summed E-state index contributed by atoms with van der Waals surface area (Å²) in [6.45, 7) is 5.81. The van der Waals surface area contributed by atoms with Gasteiger partial charge in [0.05, 0.1) is 32.2 Å². The van der Waals surface area contributed by atoms with Gasteiger partial charge < -0.3 is 14.0 Å². The highest BCUT2D eigenvalue weighted by atomic mass is 16.5. The molecular weight excluding hydrogens is 246 g/mol. The molecule has 0 aromatic carbocycles. The Hall–Kier alpha value is -1.40. The maximum Gasteiger partial charge on any atom is 0.306 e. The number of rotatable bonds is 9. The number of aryl methyl sites for hydroxylation is 1. The van der Waals surface area contributed by atoms with Crippen LogP contribution in [-0.4, -0.2) is 54.3 Å². The first-order chi connectivity index (χ1) is 9.21. The van der Waals surface area contributed by atoms with Crippen LogP contribution >= 0.6 is 0 Å². The fourth-order valence-electron chi connectivity index (χ4n) is 1.84. The molecule has 108 valence electrons. The van der Waals surface area contributed by atoms with Crippen molar-refractivity contribution in [2.45, 2.75) is 26.4 Å². The molecule has 0 bridgehead atoms. The van der Waals surface area contributed by atoms with Gasteiger partial charge in [-0.25, -0.2) is 4.98 Å². The zero-order valence-corrected chi connectivity index (χ0v) is 12.0. The summed E-state index contributed by atoms with van der Waals surface area (Å²) in [6, 6.07) is 0. The molecule has 0 saturated heterocycles. The van der Waals surface area contributed by atoms with E-state index in [1.165, 1.54) is 7.11 Å². The third-order valence-electron chi connectivity index (χ3n) is 3.00. The normalized spacial score (nSPS) is 10.9. The molecule has 6 nitrogen and oxygen atoms in total. The maximum atomic E-state index is 11.2. The van der Waals surface area contributed by atoms with Crippen molar-refractivity contribution in [1.29, 1.82) is 0 Å². The number of methoxy groups -OCH3 is 2. The second-order valence-electron chi connectivity index (χ2n) is 4.27. The average Bonchev–Trinajstić information content (AvgIpc) is 2.88. The van der Waals surface area contributed by atoms with Crippen LogP contribution < -0.4 is 0 Å². The van der Waals surface area contributed by atoms with Crippen LogP contribution in [0.3, 0.4) is 0 Å². The van der Waals surface area contributed by atoms with E-state index >= 15 is 0 Å². The van der Waals surface area contributed by atoms with Crippen LogP contribution in [0, 0.1) is 0 Å². The minimum Gasteiger partial charge on any atom is -0.469 e. The summed E-state index contributed by atoms with van der Waals surface area (Å²) in [7, 11) is 3.09. The predicted molar refractivity (Wildman–Crippen MR) is 71.7 cm³/mol. The Bertz CT molecular complexity index is 379. The van der Waals surface area contributed by atoms with Crippen molar-refractivity contribution < 1.29 is 14.3 Å². The first kappa shape index (κ1) is 15.7. The Morgan fingerprint density at radius 2 is 2.21 bits per heavy atom. The summed E-state index contributed by atoms with van der Waals surface area (Å²) in [6.07, 6.45) is 4.08.